The molecule has 0 bridgehead atoms. The van der Waals surface area contributed by atoms with Gasteiger partial charge in [-0.2, -0.15) is 0 Å². The van der Waals surface area contributed by atoms with Crippen LogP contribution in [0.5, 0.6) is 0 Å². The third-order valence-electron chi connectivity index (χ3n) is 6.35. The summed E-state index contributed by atoms with van der Waals surface area (Å²) in [5.41, 5.74) is 1.95. The van der Waals surface area contributed by atoms with Gasteiger partial charge in [-0.05, 0) is 57.4 Å². The minimum atomic E-state index is -0.118. The van der Waals surface area contributed by atoms with Gasteiger partial charge in [-0.25, -0.2) is 4.98 Å². The van der Waals surface area contributed by atoms with Gasteiger partial charge in [0.2, 0.25) is 5.91 Å². The highest BCUT2D eigenvalue weighted by atomic mass is 16.2. The molecule has 160 valence electrons. The van der Waals surface area contributed by atoms with Crippen LogP contribution in [0.25, 0.3) is 16.7 Å². The highest BCUT2D eigenvalue weighted by molar-refractivity contribution is 5.77. The van der Waals surface area contributed by atoms with Gasteiger partial charge < -0.3 is 9.72 Å². The van der Waals surface area contributed by atoms with Crippen molar-refractivity contribution in [3.63, 3.8) is 0 Å². The Labute approximate surface area is 176 Å². The molecule has 1 fully saturated rings. The molecule has 3 aromatic rings. The SMILES string of the molecule is C[C@H]1CCC[C@H](C)N1CCCNC(=O)CCn1c(=O)c2cccn2c2cccnc21. The second-order valence-electron chi connectivity index (χ2n) is 8.39. The first-order chi connectivity index (χ1) is 14.6. The van der Waals surface area contributed by atoms with Crippen molar-refractivity contribution in [3.8, 4) is 0 Å². The van der Waals surface area contributed by atoms with E-state index < -0.39 is 0 Å². The van der Waals surface area contributed by atoms with E-state index in [2.05, 4.69) is 29.0 Å². The molecule has 0 spiro atoms. The van der Waals surface area contributed by atoms with Crippen molar-refractivity contribution >= 4 is 22.6 Å². The van der Waals surface area contributed by atoms with E-state index in [4.69, 9.17) is 0 Å². The maximum Gasteiger partial charge on any atom is 0.276 e. The molecule has 0 saturated carbocycles. The number of hydrogen-bond acceptors (Lipinski definition) is 4. The van der Waals surface area contributed by atoms with Gasteiger partial charge in [-0.1, -0.05) is 6.42 Å². The third-order valence-corrected chi connectivity index (χ3v) is 6.35. The van der Waals surface area contributed by atoms with Gasteiger partial charge in [-0.3, -0.25) is 19.1 Å². The summed E-state index contributed by atoms with van der Waals surface area (Å²) in [6.45, 7) is 6.60. The molecule has 1 saturated heterocycles. The first-order valence-corrected chi connectivity index (χ1v) is 11.0. The second-order valence-corrected chi connectivity index (χ2v) is 8.39. The number of aromatic nitrogens is 3. The number of rotatable bonds is 7. The standard InChI is InChI=1S/C23H31N5O2/c1-17-7-3-8-18(2)26(17)15-6-13-24-21(29)11-16-28-22-19(9-4-12-25-22)27-14-5-10-20(27)23(28)30/h4-5,9-10,12,14,17-18H,3,6-8,11,13,15-16H2,1-2H3,(H,24,29)/t17-,18-/m0/s1. The Morgan fingerprint density at radius 1 is 1.13 bits per heavy atom. The number of hydrogen-bond donors (Lipinski definition) is 1. The largest absolute Gasteiger partial charge is 0.356 e. The van der Waals surface area contributed by atoms with Gasteiger partial charge in [0.05, 0.1) is 5.52 Å². The fourth-order valence-electron chi connectivity index (χ4n) is 4.70. The van der Waals surface area contributed by atoms with Crippen LogP contribution in [0.4, 0.5) is 0 Å². The number of nitrogens with zero attached hydrogens (tertiary/aromatic N) is 4. The maximum atomic E-state index is 12.9. The van der Waals surface area contributed by atoms with Crippen LogP contribution in [0.3, 0.4) is 0 Å². The van der Waals surface area contributed by atoms with E-state index in [0.717, 1.165) is 18.5 Å². The van der Waals surface area contributed by atoms with Gasteiger partial charge in [0.15, 0.2) is 5.65 Å². The lowest BCUT2D eigenvalue weighted by molar-refractivity contribution is -0.121. The van der Waals surface area contributed by atoms with Crippen LogP contribution in [-0.2, 0) is 11.3 Å². The van der Waals surface area contributed by atoms with Gasteiger partial charge in [0, 0.05) is 50.5 Å². The van der Waals surface area contributed by atoms with Crippen molar-refractivity contribution in [1.29, 1.82) is 0 Å². The Morgan fingerprint density at radius 3 is 2.70 bits per heavy atom. The number of carbonyl (C=O) groups excluding carboxylic acids is 1. The van der Waals surface area contributed by atoms with Crippen LogP contribution in [-0.4, -0.2) is 49.9 Å². The summed E-state index contributed by atoms with van der Waals surface area (Å²) < 4.78 is 3.46. The zero-order valence-corrected chi connectivity index (χ0v) is 17.9. The predicted molar refractivity (Wildman–Crippen MR) is 119 cm³/mol. The smallest absolute Gasteiger partial charge is 0.276 e. The van der Waals surface area contributed by atoms with E-state index in [1.165, 1.54) is 19.3 Å². The van der Waals surface area contributed by atoms with Crippen molar-refractivity contribution in [2.75, 3.05) is 13.1 Å². The molecule has 0 unspecified atom stereocenters. The zero-order valence-electron chi connectivity index (χ0n) is 17.9. The Kier molecular flexibility index (Phi) is 6.18. The number of pyridine rings is 1. The molecular weight excluding hydrogens is 378 g/mol. The van der Waals surface area contributed by atoms with Crippen LogP contribution in [0.15, 0.2) is 41.5 Å². The molecule has 3 aromatic heterocycles. The van der Waals surface area contributed by atoms with Gasteiger partial charge in [-0.15, -0.1) is 0 Å². The average Bonchev–Trinajstić information content (AvgIpc) is 3.23. The molecule has 1 N–H and O–H groups in total. The fraction of sp³-hybridized carbons (Fsp3) is 0.522. The molecule has 1 aliphatic heterocycles. The lowest BCUT2D eigenvalue weighted by Crippen LogP contribution is -2.44. The zero-order chi connectivity index (χ0) is 21.1. The van der Waals surface area contributed by atoms with Gasteiger partial charge in [0.1, 0.15) is 5.52 Å². The fourth-order valence-corrected chi connectivity index (χ4v) is 4.70. The minimum Gasteiger partial charge on any atom is -0.356 e. The quantitative estimate of drug-likeness (QED) is 0.609. The first kappa shape index (κ1) is 20.6. The second kappa shape index (κ2) is 9.00. The lowest BCUT2D eigenvalue weighted by atomic mass is 9.97. The number of amides is 1. The van der Waals surface area contributed by atoms with E-state index in [1.807, 2.05) is 28.8 Å². The van der Waals surface area contributed by atoms with E-state index in [-0.39, 0.29) is 17.9 Å². The molecule has 7 nitrogen and oxygen atoms in total. The van der Waals surface area contributed by atoms with E-state index >= 15 is 0 Å². The Morgan fingerprint density at radius 2 is 1.90 bits per heavy atom. The van der Waals surface area contributed by atoms with Crippen molar-refractivity contribution in [3.05, 3.63) is 47.0 Å². The number of likely N-dealkylation sites (tertiary alicyclic amines) is 1. The molecule has 7 heteroatoms. The maximum absolute atomic E-state index is 12.9. The molecule has 2 atom stereocenters. The monoisotopic (exact) mass is 409 g/mol. The molecule has 4 rings (SSSR count). The summed E-state index contributed by atoms with van der Waals surface area (Å²) in [4.78, 5) is 32.2. The molecule has 0 aliphatic carbocycles. The van der Waals surface area contributed by atoms with Crippen LogP contribution in [0.1, 0.15) is 46.0 Å². The first-order valence-electron chi connectivity index (χ1n) is 11.0. The van der Waals surface area contributed by atoms with Gasteiger partial charge in [0.25, 0.3) is 5.56 Å². The van der Waals surface area contributed by atoms with Gasteiger partial charge >= 0.3 is 0 Å². The molecule has 1 aliphatic rings. The summed E-state index contributed by atoms with van der Waals surface area (Å²) in [7, 11) is 0. The van der Waals surface area contributed by atoms with Crippen molar-refractivity contribution < 1.29 is 4.79 Å². The number of piperidine rings is 1. The Hall–Kier alpha value is -2.67. The van der Waals surface area contributed by atoms with E-state index in [0.29, 0.717) is 36.3 Å². The average molecular weight is 410 g/mol. The Balaban J connectivity index is 1.34. The van der Waals surface area contributed by atoms with Crippen LogP contribution in [0, 0.1) is 0 Å². The van der Waals surface area contributed by atoms with Crippen molar-refractivity contribution in [2.24, 2.45) is 0 Å². The Bertz CT molecular complexity index is 1080. The minimum absolute atomic E-state index is 0.0269. The number of aryl methyl sites for hydroxylation is 1. The van der Waals surface area contributed by atoms with E-state index in [1.54, 1.807) is 16.8 Å². The number of carbonyl (C=O) groups is 1. The summed E-state index contributed by atoms with van der Waals surface area (Å²) in [5, 5.41) is 3.02. The highest BCUT2D eigenvalue weighted by Crippen LogP contribution is 2.22. The lowest BCUT2D eigenvalue weighted by Gasteiger charge is -2.39. The highest BCUT2D eigenvalue weighted by Gasteiger charge is 2.23. The van der Waals surface area contributed by atoms with E-state index in [9.17, 15) is 9.59 Å². The molecule has 1 amide bonds. The summed E-state index contributed by atoms with van der Waals surface area (Å²) >= 11 is 0. The topological polar surface area (TPSA) is 71.6 Å². The summed E-state index contributed by atoms with van der Waals surface area (Å²) in [6, 6.07) is 8.70. The third kappa shape index (κ3) is 4.12. The predicted octanol–water partition coefficient (Wildman–Crippen LogP) is 2.81. The molecule has 0 aromatic carbocycles. The van der Waals surface area contributed by atoms with Crippen LogP contribution in [0.2, 0.25) is 0 Å². The van der Waals surface area contributed by atoms with Crippen LogP contribution >= 0.6 is 0 Å². The molecular formula is C23H31N5O2. The number of fused-ring (bicyclic) bond motifs is 3. The summed E-state index contributed by atoms with van der Waals surface area (Å²) in [6.07, 6.45) is 8.59. The summed E-state index contributed by atoms with van der Waals surface area (Å²) in [5.74, 6) is -0.0269. The van der Waals surface area contributed by atoms with Crippen molar-refractivity contribution in [2.45, 2.75) is 64.6 Å². The molecule has 30 heavy (non-hydrogen) atoms. The molecule has 4 heterocycles. The van der Waals surface area contributed by atoms with Crippen LogP contribution < -0.4 is 10.9 Å². The normalized spacial score (nSPS) is 20.1. The number of nitrogens with one attached hydrogen (secondary N) is 1. The molecule has 0 radical (unpaired) electrons. The van der Waals surface area contributed by atoms with Crippen molar-refractivity contribution in [1.82, 2.24) is 24.2 Å².